The summed E-state index contributed by atoms with van der Waals surface area (Å²) < 4.78 is 3.10. The van der Waals surface area contributed by atoms with Crippen molar-refractivity contribution in [1.82, 2.24) is 14.8 Å². The topological polar surface area (TPSA) is 42.7 Å². The first-order valence-electron chi connectivity index (χ1n) is 7.06. The molecule has 108 valence electrons. The quantitative estimate of drug-likeness (QED) is 0.612. The van der Waals surface area contributed by atoms with Crippen LogP contribution in [-0.4, -0.2) is 14.8 Å². The second-order valence-electron chi connectivity index (χ2n) is 5.02. The lowest BCUT2D eigenvalue weighted by molar-refractivity contribution is 0.687. The maximum Gasteiger partial charge on any atom is 0.188 e. The van der Waals surface area contributed by atoms with Crippen LogP contribution in [0.5, 0.6) is 0 Å². The van der Waals surface area contributed by atoms with E-state index in [2.05, 4.69) is 33.6 Å². The highest BCUT2D eigenvalue weighted by atomic mass is 32.1. The predicted molar refractivity (Wildman–Crippen MR) is 90.7 cm³/mol. The van der Waals surface area contributed by atoms with Crippen LogP contribution in [0.25, 0.3) is 10.2 Å². The number of hydrogen-bond acceptors (Lipinski definition) is 4. The number of nitrogens with zero attached hydrogens (tertiary/aromatic N) is 3. The Morgan fingerprint density at radius 3 is 2.68 bits per heavy atom. The smallest absolute Gasteiger partial charge is 0.188 e. The van der Waals surface area contributed by atoms with E-state index in [0.717, 1.165) is 22.9 Å². The fraction of sp³-hybridized carbons (Fsp3) is 0.0588. The molecule has 0 fully saturated rings. The van der Waals surface area contributed by atoms with Crippen LogP contribution in [0.4, 0.5) is 10.8 Å². The Balaban J connectivity index is 1.51. The van der Waals surface area contributed by atoms with Gasteiger partial charge in [-0.1, -0.05) is 53.8 Å². The molecule has 4 aromatic rings. The van der Waals surface area contributed by atoms with Gasteiger partial charge in [0.05, 0.1) is 28.6 Å². The van der Waals surface area contributed by atoms with Crippen molar-refractivity contribution in [2.45, 2.75) is 6.54 Å². The summed E-state index contributed by atoms with van der Waals surface area (Å²) >= 11 is 1.65. The molecule has 0 saturated heterocycles. The van der Waals surface area contributed by atoms with Gasteiger partial charge < -0.3 is 5.32 Å². The molecule has 2 aromatic carbocycles. The van der Waals surface area contributed by atoms with Crippen LogP contribution in [0.15, 0.2) is 67.0 Å². The van der Waals surface area contributed by atoms with Gasteiger partial charge in [-0.3, -0.25) is 4.68 Å². The minimum atomic E-state index is 0.766. The van der Waals surface area contributed by atoms with Crippen LogP contribution in [0.3, 0.4) is 0 Å². The van der Waals surface area contributed by atoms with Crippen LogP contribution in [0.1, 0.15) is 5.56 Å². The molecule has 0 aliphatic carbocycles. The average molecular weight is 306 g/mol. The van der Waals surface area contributed by atoms with Crippen LogP contribution in [0, 0.1) is 0 Å². The Hall–Kier alpha value is -2.66. The number of para-hydroxylation sites is 1. The zero-order valence-electron chi connectivity index (χ0n) is 11.8. The molecule has 0 bridgehead atoms. The van der Waals surface area contributed by atoms with Gasteiger partial charge in [-0.25, -0.2) is 4.98 Å². The van der Waals surface area contributed by atoms with Gasteiger partial charge in [-0.2, -0.15) is 5.10 Å². The fourth-order valence-corrected chi connectivity index (χ4v) is 3.22. The summed E-state index contributed by atoms with van der Waals surface area (Å²) in [6.45, 7) is 0.766. The third-order valence-corrected chi connectivity index (χ3v) is 4.32. The molecule has 0 unspecified atom stereocenters. The number of rotatable bonds is 4. The second-order valence-corrected chi connectivity index (χ2v) is 6.05. The minimum Gasteiger partial charge on any atom is -0.329 e. The minimum absolute atomic E-state index is 0.766. The van der Waals surface area contributed by atoms with E-state index in [4.69, 9.17) is 0 Å². The van der Waals surface area contributed by atoms with E-state index in [1.807, 2.05) is 53.5 Å². The summed E-state index contributed by atoms with van der Waals surface area (Å²) in [6.07, 6.45) is 3.83. The van der Waals surface area contributed by atoms with Crippen molar-refractivity contribution in [3.8, 4) is 0 Å². The zero-order chi connectivity index (χ0) is 14.8. The van der Waals surface area contributed by atoms with Crippen LogP contribution in [0.2, 0.25) is 0 Å². The van der Waals surface area contributed by atoms with E-state index >= 15 is 0 Å². The number of aromatic nitrogens is 3. The average Bonchev–Trinajstić information content (AvgIpc) is 3.14. The maximum absolute atomic E-state index is 4.57. The molecule has 1 N–H and O–H groups in total. The predicted octanol–water partition coefficient (Wildman–Crippen LogP) is 4.28. The Labute approximate surface area is 132 Å². The monoisotopic (exact) mass is 306 g/mol. The van der Waals surface area contributed by atoms with E-state index < -0.39 is 0 Å². The van der Waals surface area contributed by atoms with Crippen LogP contribution < -0.4 is 5.32 Å². The maximum atomic E-state index is 4.57. The number of hydrogen-bond donors (Lipinski definition) is 1. The van der Waals surface area contributed by atoms with Gasteiger partial charge in [-0.15, -0.1) is 0 Å². The van der Waals surface area contributed by atoms with Crippen molar-refractivity contribution in [2.75, 3.05) is 5.32 Å². The first kappa shape index (κ1) is 13.0. The van der Waals surface area contributed by atoms with Gasteiger partial charge >= 0.3 is 0 Å². The van der Waals surface area contributed by atoms with Gasteiger partial charge in [0.25, 0.3) is 0 Å². The molecule has 5 heteroatoms. The Morgan fingerprint density at radius 1 is 1.00 bits per heavy atom. The van der Waals surface area contributed by atoms with Crippen molar-refractivity contribution in [1.29, 1.82) is 0 Å². The Bertz CT molecular complexity index is 862. The fourth-order valence-electron chi connectivity index (χ4n) is 2.33. The second kappa shape index (κ2) is 5.61. The van der Waals surface area contributed by atoms with Gasteiger partial charge in [0.2, 0.25) is 0 Å². The normalized spacial score (nSPS) is 10.9. The molecule has 0 atom stereocenters. The molecule has 22 heavy (non-hydrogen) atoms. The molecular formula is C17H14N4S. The molecule has 0 radical (unpaired) electrons. The third kappa shape index (κ3) is 2.71. The van der Waals surface area contributed by atoms with Crippen LogP contribution >= 0.6 is 11.3 Å². The molecule has 0 aliphatic rings. The summed E-state index contributed by atoms with van der Waals surface area (Å²) in [5, 5.41) is 8.61. The summed E-state index contributed by atoms with van der Waals surface area (Å²) in [6, 6.07) is 18.4. The number of anilines is 2. The molecule has 0 spiro atoms. The number of thiazole rings is 1. The Morgan fingerprint density at radius 2 is 1.82 bits per heavy atom. The van der Waals surface area contributed by atoms with E-state index in [1.54, 1.807) is 11.3 Å². The highest BCUT2D eigenvalue weighted by Gasteiger charge is 2.05. The first-order valence-corrected chi connectivity index (χ1v) is 7.87. The van der Waals surface area contributed by atoms with Crippen molar-refractivity contribution in [2.24, 2.45) is 0 Å². The lowest BCUT2D eigenvalue weighted by Gasteiger charge is -2.01. The van der Waals surface area contributed by atoms with Gasteiger partial charge in [-0.05, 0) is 17.7 Å². The third-order valence-electron chi connectivity index (χ3n) is 3.37. The largest absolute Gasteiger partial charge is 0.329 e. The molecule has 4 rings (SSSR count). The molecule has 0 saturated carbocycles. The molecule has 0 aliphatic heterocycles. The number of fused-ring (bicyclic) bond motifs is 1. The van der Waals surface area contributed by atoms with E-state index in [-0.39, 0.29) is 0 Å². The molecule has 2 heterocycles. The summed E-state index contributed by atoms with van der Waals surface area (Å²) in [5.41, 5.74) is 3.21. The van der Waals surface area contributed by atoms with Crippen molar-refractivity contribution >= 4 is 32.4 Å². The number of benzene rings is 2. The van der Waals surface area contributed by atoms with E-state index in [9.17, 15) is 0 Å². The molecular weight excluding hydrogens is 292 g/mol. The highest BCUT2D eigenvalue weighted by Crippen LogP contribution is 2.27. The zero-order valence-corrected chi connectivity index (χ0v) is 12.6. The van der Waals surface area contributed by atoms with Gasteiger partial charge in [0, 0.05) is 6.20 Å². The van der Waals surface area contributed by atoms with Crippen molar-refractivity contribution in [3.05, 3.63) is 72.6 Å². The van der Waals surface area contributed by atoms with Crippen molar-refractivity contribution < 1.29 is 0 Å². The molecule has 4 nitrogen and oxygen atoms in total. The van der Waals surface area contributed by atoms with Gasteiger partial charge in [0.15, 0.2) is 5.13 Å². The summed E-state index contributed by atoms with van der Waals surface area (Å²) in [5.74, 6) is 0. The van der Waals surface area contributed by atoms with E-state index in [0.29, 0.717) is 0 Å². The first-order chi connectivity index (χ1) is 10.9. The summed E-state index contributed by atoms with van der Waals surface area (Å²) in [4.78, 5) is 4.57. The molecule has 2 aromatic heterocycles. The van der Waals surface area contributed by atoms with Crippen LogP contribution in [-0.2, 0) is 6.54 Å². The standard InChI is InChI=1S/C17H14N4S/c1-2-6-13(7-3-1)11-21-12-14(10-18-21)19-17-20-15-8-4-5-9-16(15)22-17/h1-10,12H,11H2,(H,19,20). The summed E-state index contributed by atoms with van der Waals surface area (Å²) in [7, 11) is 0. The van der Waals surface area contributed by atoms with Crippen molar-refractivity contribution in [3.63, 3.8) is 0 Å². The highest BCUT2D eigenvalue weighted by molar-refractivity contribution is 7.22. The SMILES string of the molecule is c1ccc(Cn2cc(Nc3nc4ccccc4s3)cn2)cc1. The Kier molecular flexibility index (Phi) is 3.33. The van der Waals surface area contributed by atoms with E-state index in [1.165, 1.54) is 10.3 Å². The lowest BCUT2D eigenvalue weighted by atomic mass is 10.2. The molecule has 0 amide bonds. The lowest BCUT2D eigenvalue weighted by Crippen LogP contribution is -1.99. The van der Waals surface area contributed by atoms with Gasteiger partial charge in [0.1, 0.15) is 0 Å². The number of nitrogens with one attached hydrogen (secondary N) is 1.